The van der Waals surface area contributed by atoms with Crippen LogP contribution in [0, 0.1) is 0 Å². The molecule has 0 atom stereocenters. The van der Waals surface area contributed by atoms with Gasteiger partial charge in [-0.3, -0.25) is 4.57 Å². The van der Waals surface area contributed by atoms with E-state index < -0.39 is 0 Å². The van der Waals surface area contributed by atoms with Crippen LogP contribution in [-0.2, 0) is 13.1 Å². The first-order valence-electron chi connectivity index (χ1n) is 8.87. The van der Waals surface area contributed by atoms with Crippen molar-refractivity contribution in [3.05, 3.63) is 72.4 Å². The number of benzene rings is 1. The average Bonchev–Trinajstić information content (AvgIpc) is 3.25. The summed E-state index contributed by atoms with van der Waals surface area (Å²) in [6, 6.07) is 11.9. The highest BCUT2D eigenvalue weighted by atomic mass is 127. The fourth-order valence-corrected chi connectivity index (χ4v) is 2.60. The Hall–Kier alpha value is -2.62. The number of para-hydroxylation sites is 1. The lowest BCUT2D eigenvalue weighted by Gasteiger charge is -2.13. The van der Waals surface area contributed by atoms with Crippen LogP contribution in [0.1, 0.15) is 18.1 Å². The van der Waals surface area contributed by atoms with E-state index >= 15 is 0 Å². The zero-order valence-electron chi connectivity index (χ0n) is 16.0. The zero-order chi connectivity index (χ0) is 18.9. The second-order valence-electron chi connectivity index (χ2n) is 5.86. The first-order valence-corrected chi connectivity index (χ1v) is 8.87. The van der Waals surface area contributed by atoms with Crippen LogP contribution in [0.15, 0.2) is 66.3 Å². The maximum Gasteiger partial charge on any atom is 0.191 e. The molecule has 28 heavy (non-hydrogen) atoms. The van der Waals surface area contributed by atoms with E-state index in [2.05, 4.69) is 25.6 Å². The molecule has 0 aliphatic rings. The van der Waals surface area contributed by atoms with Crippen molar-refractivity contribution in [1.29, 1.82) is 0 Å². The van der Waals surface area contributed by atoms with E-state index in [4.69, 9.17) is 4.74 Å². The topological polar surface area (TPSA) is 76.4 Å². The fraction of sp³-hybridized carbons (Fsp3) is 0.250. The van der Waals surface area contributed by atoms with Crippen molar-refractivity contribution in [2.75, 3.05) is 13.7 Å². The first kappa shape index (κ1) is 21.7. The van der Waals surface area contributed by atoms with Gasteiger partial charge in [0.05, 0.1) is 13.7 Å². The molecule has 2 N–H and O–H groups in total. The maximum atomic E-state index is 5.39. The van der Waals surface area contributed by atoms with Crippen molar-refractivity contribution in [3.8, 4) is 11.6 Å². The third-order valence-electron chi connectivity index (χ3n) is 3.98. The Balaban J connectivity index is 0.00000280. The molecule has 0 radical (unpaired) electrons. The summed E-state index contributed by atoms with van der Waals surface area (Å²) >= 11 is 0. The lowest BCUT2D eigenvalue weighted by atomic mass is 10.2. The molecule has 2 aromatic heterocycles. The van der Waals surface area contributed by atoms with Gasteiger partial charge in [0.1, 0.15) is 17.9 Å². The molecule has 0 aliphatic heterocycles. The molecule has 2 heterocycles. The van der Waals surface area contributed by atoms with Gasteiger partial charge >= 0.3 is 0 Å². The highest BCUT2D eigenvalue weighted by Crippen LogP contribution is 2.16. The Morgan fingerprint density at radius 1 is 1.18 bits per heavy atom. The van der Waals surface area contributed by atoms with E-state index in [0.29, 0.717) is 13.1 Å². The van der Waals surface area contributed by atoms with Gasteiger partial charge in [0.15, 0.2) is 5.96 Å². The van der Waals surface area contributed by atoms with Gasteiger partial charge in [-0.15, -0.1) is 24.0 Å². The van der Waals surface area contributed by atoms with Gasteiger partial charge in [0.2, 0.25) is 0 Å². The summed E-state index contributed by atoms with van der Waals surface area (Å²) in [7, 11) is 1.68. The number of pyridine rings is 1. The number of nitrogens with zero attached hydrogens (tertiary/aromatic N) is 4. The maximum absolute atomic E-state index is 5.39. The van der Waals surface area contributed by atoms with E-state index in [1.54, 1.807) is 19.6 Å². The smallest absolute Gasteiger partial charge is 0.191 e. The average molecular weight is 492 g/mol. The number of aliphatic imine (C=N–C) groups is 1. The van der Waals surface area contributed by atoms with E-state index in [9.17, 15) is 0 Å². The SMILES string of the molecule is CCNC(=NCc1ccc(-n2ccnc2)nc1)NCc1ccccc1OC.I. The van der Waals surface area contributed by atoms with Crippen LogP contribution in [0.2, 0.25) is 0 Å². The number of halogens is 1. The minimum atomic E-state index is 0. The third kappa shape index (κ3) is 5.95. The summed E-state index contributed by atoms with van der Waals surface area (Å²) in [5.74, 6) is 2.45. The van der Waals surface area contributed by atoms with Gasteiger partial charge < -0.3 is 15.4 Å². The minimum absolute atomic E-state index is 0. The van der Waals surface area contributed by atoms with Crippen LogP contribution in [0.25, 0.3) is 5.82 Å². The van der Waals surface area contributed by atoms with Crippen LogP contribution in [0.3, 0.4) is 0 Å². The summed E-state index contributed by atoms with van der Waals surface area (Å²) in [6.45, 7) is 4.00. The Kier molecular flexibility index (Phi) is 8.73. The molecule has 0 spiro atoms. The van der Waals surface area contributed by atoms with Gasteiger partial charge in [-0.1, -0.05) is 24.3 Å². The largest absolute Gasteiger partial charge is 0.496 e. The standard InChI is InChI=1S/C20H24N6O.HI/c1-3-22-20(25-14-17-6-4-5-7-18(17)27-2)24-13-16-8-9-19(23-12-16)26-11-10-21-15-26;/h4-12,15H,3,13-14H2,1-2H3,(H2,22,24,25);1H. The number of imidazole rings is 1. The number of nitrogens with one attached hydrogen (secondary N) is 2. The molecule has 0 aliphatic carbocycles. The first-order chi connectivity index (χ1) is 13.3. The van der Waals surface area contributed by atoms with Crippen LogP contribution >= 0.6 is 24.0 Å². The van der Waals surface area contributed by atoms with Gasteiger partial charge in [0.25, 0.3) is 0 Å². The van der Waals surface area contributed by atoms with Crippen molar-refractivity contribution >= 4 is 29.9 Å². The van der Waals surface area contributed by atoms with E-state index in [1.165, 1.54) is 0 Å². The monoisotopic (exact) mass is 492 g/mol. The van der Waals surface area contributed by atoms with Crippen molar-refractivity contribution in [2.45, 2.75) is 20.0 Å². The number of methoxy groups -OCH3 is 1. The second-order valence-corrected chi connectivity index (χ2v) is 5.86. The summed E-state index contributed by atoms with van der Waals surface area (Å²) in [5.41, 5.74) is 2.12. The van der Waals surface area contributed by atoms with Crippen molar-refractivity contribution in [3.63, 3.8) is 0 Å². The Bertz CT molecular complexity index is 865. The highest BCUT2D eigenvalue weighted by molar-refractivity contribution is 14.0. The van der Waals surface area contributed by atoms with E-state index in [1.807, 2.05) is 60.3 Å². The highest BCUT2D eigenvalue weighted by Gasteiger charge is 2.04. The van der Waals surface area contributed by atoms with Crippen molar-refractivity contribution in [2.24, 2.45) is 4.99 Å². The van der Waals surface area contributed by atoms with Gasteiger partial charge in [-0.25, -0.2) is 15.0 Å². The van der Waals surface area contributed by atoms with E-state index in [-0.39, 0.29) is 24.0 Å². The molecule has 3 rings (SSSR count). The number of hydrogen-bond acceptors (Lipinski definition) is 4. The summed E-state index contributed by atoms with van der Waals surface area (Å²) in [4.78, 5) is 13.1. The molecule has 148 valence electrons. The predicted octanol–water partition coefficient (Wildman–Crippen LogP) is 3.15. The second kappa shape index (κ2) is 11.3. The molecular weight excluding hydrogens is 467 g/mol. The molecule has 0 amide bonds. The molecule has 7 nitrogen and oxygen atoms in total. The van der Waals surface area contributed by atoms with Crippen LogP contribution in [0.4, 0.5) is 0 Å². The van der Waals surface area contributed by atoms with Crippen LogP contribution in [-0.4, -0.2) is 34.1 Å². The molecular formula is C20H25IN6O. The Morgan fingerprint density at radius 3 is 2.71 bits per heavy atom. The molecule has 8 heteroatoms. The van der Waals surface area contributed by atoms with Gasteiger partial charge in [-0.2, -0.15) is 0 Å². The quantitative estimate of drug-likeness (QED) is 0.301. The number of ether oxygens (including phenoxy) is 1. The number of hydrogen-bond donors (Lipinski definition) is 2. The molecule has 1 aromatic carbocycles. The zero-order valence-corrected chi connectivity index (χ0v) is 18.3. The summed E-state index contributed by atoms with van der Waals surface area (Å²) < 4.78 is 7.26. The van der Waals surface area contributed by atoms with Gasteiger partial charge in [0, 0.05) is 37.2 Å². The lowest BCUT2D eigenvalue weighted by molar-refractivity contribution is 0.409. The number of guanidine groups is 1. The number of rotatable bonds is 7. The normalized spacial score (nSPS) is 10.9. The summed E-state index contributed by atoms with van der Waals surface area (Å²) in [5, 5.41) is 6.60. The fourth-order valence-electron chi connectivity index (χ4n) is 2.60. The molecule has 0 bridgehead atoms. The Labute approximate surface area is 182 Å². The summed E-state index contributed by atoms with van der Waals surface area (Å²) in [6.07, 6.45) is 7.16. The van der Waals surface area contributed by atoms with Crippen molar-refractivity contribution < 1.29 is 4.74 Å². The molecule has 0 fully saturated rings. The minimum Gasteiger partial charge on any atom is -0.496 e. The molecule has 3 aromatic rings. The molecule has 0 unspecified atom stereocenters. The van der Waals surface area contributed by atoms with Crippen LogP contribution < -0.4 is 15.4 Å². The predicted molar refractivity (Wildman–Crippen MR) is 121 cm³/mol. The van der Waals surface area contributed by atoms with Gasteiger partial charge in [-0.05, 0) is 24.6 Å². The molecule has 0 saturated heterocycles. The third-order valence-corrected chi connectivity index (χ3v) is 3.98. The van der Waals surface area contributed by atoms with Crippen LogP contribution in [0.5, 0.6) is 5.75 Å². The van der Waals surface area contributed by atoms with Crippen molar-refractivity contribution in [1.82, 2.24) is 25.2 Å². The Morgan fingerprint density at radius 2 is 2.04 bits per heavy atom. The number of aromatic nitrogens is 3. The van der Waals surface area contributed by atoms with E-state index in [0.717, 1.165) is 35.2 Å². The lowest BCUT2D eigenvalue weighted by Crippen LogP contribution is -2.36. The molecule has 0 saturated carbocycles.